The molecule has 3 fully saturated rings. The molecular weight excluding hydrogens is 224 g/mol. The Labute approximate surface area is 111 Å². The average molecular weight is 252 g/mol. The summed E-state index contributed by atoms with van der Waals surface area (Å²) in [4.78, 5) is 5.39. The second-order valence-electron chi connectivity index (χ2n) is 6.51. The van der Waals surface area contributed by atoms with Crippen LogP contribution in [0.25, 0.3) is 0 Å². The van der Waals surface area contributed by atoms with Crippen LogP contribution < -0.4 is 0 Å². The first-order valence-electron chi connectivity index (χ1n) is 7.89. The van der Waals surface area contributed by atoms with Crippen LogP contribution >= 0.6 is 0 Å². The first kappa shape index (κ1) is 12.9. The van der Waals surface area contributed by atoms with Gasteiger partial charge in [-0.05, 0) is 51.5 Å². The predicted molar refractivity (Wildman–Crippen MR) is 73.8 cm³/mol. The first-order chi connectivity index (χ1) is 8.83. The quantitative estimate of drug-likeness (QED) is 0.672. The van der Waals surface area contributed by atoms with E-state index in [1.54, 1.807) is 0 Å². The van der Waals surface area contributed by atoms with Crippen molar-refractivity contribution in [3.63, 3.8) is 0 Å². The van der Waals surface area contributed by atoms with Crippen LogP contribution in [-0.4, -0.2) is 61.3 Å². The van der Waals surface area contributed by atoms with Gasteiger partial charge in [-0.2, -0.15) is 0 Å². The molecule has 2 saturated heterocycles. The monoisotopic (exact) mass is 252 g/mol. The summed E-state index contributed by atoms with van der Waals surface area (Å²) in [5.41, 5.74) is 0. The van der Waals surface area contributed by atoms with Crippen molar-refractivity contribution in [1.29, 1.82) is 0 Å². The van der Waals surface area contributed by atoms with Gasteiger partial charge < -0.3 is 4.74 Å². The number of hydrogen-bond donors (Lipinski definition) is 0. The van der Waals surface area contributed by atoms with E-state index in [4.69, 9.17) is 4.74 Å². The standard InChI is InChI=1S/C15H28N2O/c1-13-10-17-7-2-4-15(17)11-16(13)8-3-9-18-12-14-5-6-14/h13-15H,2-12H2,1H3. The summed E-state index contributed by atoms with van der Waals surface area (Å²) in [6, 6.07) is 1.59. The smallest absolute Gasteiger partial charge is 0.0494 e. The summed E-state index contributed by atoms with van der Waals surface area (Å²) < 4.78 is 5.73. The fourth-order valence-electron chi connectivity index (χ4n) is 3.46. The topological polar surface area (TPSA) is 15.7 Å². The van der Waals surface area contributed by atoms with Gasteiger partial charge in [-0.3, -0.25) is 9.80 Å². The third-order valence-corrected chi connectivity index (χ3v) is 4.85. The van der Waals surface area contributed by atoms with Gasteiger partial charge in [0.1, 0.15) is 0 Å². The lowest BCUT2D eigenvalue weighted by molar-refractivity contribution is 0.0474. The third kappa shape index (κ3) is 3.25. The molecule has 3 nitrogen and oxygen atoms in total. The lowest BCUT2D eigenvalue weighted by Crippen LogP contribution is -2.55. The Balaban J connectivity index is 1.33. The number of rotatable bonds is 6. The third-order valence-electron chi connectivity index (χ3n) is 4.85. The Morgan fingerprint density at radius 1 is 1.17 bits per heavy atom. The van der Waals surface area contributed by atoms with Crippen molar-refractivity contribution in [2.45, 2.75) is 51.1 Å². The fourth-order valence-corrected chi connectivity index (χ4v) is 3.46. The second kappa shape index (κ2) is 5.89. The Morgan fingerprint density at radius 2 is 2.06 bits per heavy atom. The van der Waals surface area contributed by atoms with Gasteiger partial charge >= 0.3 is 0 Å². The van der Waals surface area contributed by atoms with Crippen molar-refractivity contribution in [1.82, 2.24) is 9.80 Å². The zero-order valence-corrected chi connectivity index (χ0v) is 11.8. The van der Waals surface area contributed by atoms with E-state index in [1.807, 2.05) is 0 Å². The molecule has 2 unspecified atom stereocenters. The van der Waals surface area contributed by atoms with Gasteiger partial charge in [-0.15, -0.1) is 0 Å². The molecule has 1 aliphatic carbocycles. The molecule has 3 aliphatic rings. The van der Waals surface area contributed by atoms with Crippen LogP contribution in [0, 0.1) is 5.92 Å². The largest absolute Gasteiger partial charge is 0.381 e. The highest BCUT2D eigenvalue weighted by molar-refractivity contribution is 4.90. The minimum Gasteiger partial charge on any atom is -0.381 e. The lowest BCUT2D eigenvalue weighted by Gasteiger charge is -2.42. The van der Waals surface area contributed by atoms with E-state index in [0.717, 1.165) is 31.2 Å². The van der Waals surface area contributed by atoms with E-state index in [0.29, 0.717) is 0 Å². The summed E-state index contributed by atoms with van der Waals surface area (Å²) >= 11 is 0. The highest BCUT2D eigenvalue weighted by atomic mass is 16.5. The highest BCUT2D eigenvalue weighted by Gasteiger charge is 2.33. The number of nitrogens with zero attached hydrogens (tertiary/aromatic N) is 2. The molecular formula is C15H28N2O. The summed E-state index contributed by atoms with van der Waals surface area (Å²) in [5, 5.41) is 0. The molecule has 0 amide bonds. The second-order valence-corrected chi connectivity index (χ2v) is 6.51. The number of piperazine rings is 1. The minimum absolute atomic E-state index is 0.739. The van der Waals surface area contributed by atoms with Gasteiger partial charge in [0, 0.05) is 44.9 Å². The molecule has 0 bridgehead atoms. The zero-order chi connectivity index (χ0) is 12.4. The van der Waals surface area contributed by atoms with Gasteiger partial charge in [-0.1, -0.05) is 0 Å². The van der Waals surface area contributed by atoms with Crippen LogP contribution in [-0.2, 0) is 4.74 Å². The Kier molecular flexibility index (Phi) is 4.22. The van der Waals surface area contributed by atoms with Gasteiger partial charge in [0.2, 0.25) is 0 Å². The predicted octanol–water partition coefficient (Wildman–Crippen LogP) is 1.97. The van der Waals surface area contributed by atoms with Crippen molar-refractivity contribution in [3.05, 3.63) is 0 Å². The number of ether oxygens (including phenoxy) is 1. The van der Waals surface area contributed by atoms with E-state index < -0.39 is 0 Å². The first-order valence-corrected chi connectivity index (χ1v) is 7.89. The molecule has 3 rings (SSSR count). The van der Waals surface area contributed by atoms with Crippen molar-refractivity contribution in [2.24, 2.45) is 5.92 Å². The SMILES string of the molecule is CC1CN2CCCC2CN1CCCOCC1CC1. The Bertz CT molecular complexity index is 267. The molecule has 0 aromatic heterocycles. The van der Waals surface area contributed by atoms with E-state index >= 15 is 0 Å². The highest BCUT2D eigenvalue weighted by Crippen LogP contribution is 2.29. The van der Waals surface area contributed by atoms with Crippen molar-refractivity contribution in [2.75, 3.05) is 39.4 Å². The number of hydrogen-bond acceptors (Lipinski definition) is 3. The van der Waals surface area contributed by atoms with Crippen LogP contribution in [0.5, 0.6) is 0 Å². The molecule has 18 heavy (non-hydrogen) atoms. The van der Waals surface area contributed by atoms with Crippen LogP contribution in [0.4, 0.5) is 0 Å². The van der Waals surface area contributed by atoms with Crippen LogP contribution in [0.2, 0.25) is 0 Å². The molecule has 104 valence electrons. The maximum absolute atomic E-state index is 5.73. The Hall–Kier alpha value is -0.120. The zero-order valence-electron chi connectivity index (χ0n) is 11.8. The van der Waals surface area contributed by atoms with Crippen LogP contribution in [0.1, 0.15) is 39.0 Å². The molecule has 2 aliphatic heterocycles. The molecule has 2 heterocycles. The Morgan fingerprint density at radius 3 is 2.89 bits per heavy atom. The maximum Gasteiger partial charge on any atom is 0.0494 e. The van der Waals surface area contributed by atoms with Crippen LogP contribution in [0.15, 0.2) is 0 Å². The molecule has 0 aromatic carbocycles. The molecule has 0 aromatic rings. The summed E-state index contributed by atoms with van der Waals surface area (Å²) in [6.07, 6.45) is 6.85. The summed E-state index contributed by atoms with van der Waals surface area (Å²) in [6.45, 7) is 9.53. The van der Waals surface area contributed by atoms with E-state index in [1.165, 1.54) is 58.3 Å². The molecule has 0 radical (unpaired) electrons. The van der Waals surface area contributed by atoms with Gasteiger partial charge in [-0.25, -0.2) is 0 Å². The van der Waals surface area contributed by atoms with E-state index in [2.05, 4.69) is 16.7 Å². The normalized spacial score (nSPS) is 33.8. The van der Waals surface area contributed by atoms with Crippen molar-refractivity contribution in [3.8, 4) is 0 Å². The maximum atomic E-state index is 5.73. The molecule has 3 heteroatoms. The van der Waals surface area contributed by atoms with E-state index in [9.17, 15) is 0 Å². The van der Waals surface area contributed by atoms with E-state index in [-0.39, 0.29) is 0 Å². The van der Waals surface area contributed by atoms with Gasteiger partial charge in [0.25, 0.3) is 0 Å². The summed E-state index contributed by atoms with van der Waals surface area (Å²) in [5.74, 6) is 0.908. The number of fused-ring (bicyclic) bond motifs is 1. The van der Waals surface area contributed by atoms with Crippen molar-refractivity contribution < 1.29 is 4.74 Å². The summed E-state index contributed by atoms with van der Waals surface area (Å²) in [7, 11) is 0. The molecule has 0 N–H and O–H groups in total. The lowest BCUT2D eigenvalue weighted by atomic mass is 10.1. The van der Waals surface area contributed by atoms with Crippen LogP contribution in [0.3, 0.4) is 0 Å². The molecule has 0 spiro atoms. The van der Waals surface area contributed by atoms with Crippen molar-refractivity contribution >= 4 is 0 Å². The average Bonchev–Trinajstić information content (AvgIpc) is 3.07. The molecule has 1 saturated carbocycles. The van der Waals surface area contributed by atoms with Gasteiger partial charge in [0.15, 0.2) is 0 Å². The van der Waals surface area contributed by atoms with Gasteiger partial charge in [0.05, 0.1) is 0 Å². The minimum atomic E-state index is 0.739. The molecule has 2 atom stereocenters. The fraction of sp³-hybridized carbons (Fsp3) is 1.00.